The molecule has 2 aromatic carbocycles. The van der Waals surface area contributed by atoms with E-state index in [1.54, 1.807) is 0 Å². The van der Waals surface area contributed by atoms with Gasteiger partial charge in [-0.25, -0.2) is 0 Å². The fourth-order valence-corrected chi connectivity index (χ4v) is 7.50. The molecular weight excluding hydrogens is 608 g/mol. The maximum absolute atomic E-state index is 13.9. The van der Waals surface area contributed by atoms with Crippen molar-refractivity contribution in [2.24, 2.45) is 0 Å². The molecule has 8 rings (SSSR count). The molecule has 4 aliphatic heterocycles. The molecule has 6 aliphatic rings. The fraction of sp³-hybridized carbons (Fsp3) is 0.312. The smallest absolute Gasteiger partial charge is 0.309 e. The summed E-state index contributed by atoms with van der Waals surface area (Å²) < 4.78 is 22.1. The molecule has 2 saturated heterocycles. The van der Waals surface area contributed by atoms with E-state index in [-0.39, 0.29) is 35.1 Å². The molecule has 4 N–H and O–H groups in total. The highest BCUT2D eigenvalue weighted by molar-refractivity contribution is 6.07. The van der Waals surface area contributed by atoms with Crippen molar-refractivity contribution in [3.8, 4) is 34.1 Å². The third-order valence-electron chi connectivity index (χ3n) is 9.39. The van der Waals surface area contributed by atoms with E-state index in [1.165, 1.54) is 13.8 Å². The summed E-state index contributed by atoms with van der Waals surface area (Å²) in [6.07, 6.45) is -6.18. The Morgan fingerprint density at radius 3 is 1.76 bits per heavy atom. The van der Waals surface area contributed by atoms with Crippen molar-refractivity contribution in [1.29, 1.82) is 0 Å². The Balaban J connectivity index is 1.42. The first kappa shape index (κ1) is 28.2. The lowest BCUT2D eigenvalue weighted by Crippen LogP contribution is -2.40. The molecule has 0 aromatic heterocycles. The van der Waals surface area contributed by atoms with Crippen LogP contribution in [0.15, 0.2) is 31.3 Å². The molecule has 0 amide bonds. The van der Waals surface area contributed by atoms with Crippen molar-refractivity contribution in [2.75, 3.05) is 0 Å². The number of carbonyl (C=O) groups is 2. The van der Waals surface area contributed by atoms with E-state index < -0.39 is 126 Å². The minimum Gasteiger partial charge on any atom is -0.507 e. The number of rotatable bonds is 1. The summed E-state index contributed by atoms with van der Waals surface area (Å²) in [6, 6.07) is 1.59. The number of esters is 2. The molecule has 4 heterocycles. The summed E-state index contributed by atoms with van der Waals surface area (Å²) in [7, 11) is 0. The lowest BCUT2D eigenvalue weighted by molar-refractivity contribution is -0.144. The molecule has 2 aliphatic carbocycles. The van der Waals surface area contributed by atoms with Crippen molar-refractivity contribution >= 4 is 22.7 Å². The van der Waals surface area contributed by atoms with E-state index in [2.05, 4.69) is 0 Å². The van der Waals surface area contributed by atoms with Gasteiger partial charge in [0.1, 0.15) is 35.2 Å². The maximum atomic E-state index is 13.9. The topological polar surface area (TPSA) is 220 Å². The average molecular weight is 631 g/mol. The van der Waals surface area contributed by atoms with Crippen LogP contribution >= 0.6 is 0 Å². The first-order valence-corrected chi connectivity index (χ1v) is 14.3. The van der Waals surface area contributed by atoms with Crippen LogP contribution in [0.25, 0.3) is 21.9 Å². The Hall–Kier alpha value is -5.34. The van der Waals surface area contributed by atoms with Crippen LogP contribution in [-0.4, -0.2) is 44.6 Å². The average Bonchev–Trinajstić information content (AvgIpc) is 3.55. The van der Waals surface area contributed by atoms with Crippen LogP contribution in [0.3, 0.4) is 0 Å². The van der Waals surface area contributed by atoms with Crippen LogP contribution in [-0.2, 0) is 28.5 Å². The molecule has 14 nitrogen and oxygen atoms in total. The second-order valence-electron chi connectivity index (χ2n) is 11.9. The minimum atomic E-state index is -1.23. The highest BCUT2D eigenvalue weighted by Gasteiger charge is 2.48. The zero-order valence-corrected chi connectivity index (χ0v) is 23.9. The van der Waals surface area contributed by atoms with Gasteiger partial charge in [-0.3, -0.25) is 28.8 Å². The highest BCUT2D eigenvalue weighted by atomic mass is 16.6. The van der Waals surface area contributed by atoms with Gasteiger partial charge in [0, 0.05) is 27.8 Å². The number of hydrogen-bond donors (Lipinski definition) is 4. The fourth-order valence-electron chi connectivity index (χ4n) is 7.50. The van der Waals surface area contributed by atoms with Gasteiger partial charge in [0.25, 0.3) is 0 Å². The number of phenolic OH excluding ortho intramolecular Hbond substituents is 4. The standard InChI is InChI=1S/C32H22O14/c1-7-17-23(31-13(43-7)5-15(35)45-31)29(41)19-11(33)3-9(25(37)21(19)27(17)39)10-4-12(34)20-22(26(10)38)28(40)18-8(2)44-14-6-16(36)46-32(14)24(18)30(20)42/h3-4,7-8,13-14,31-33,37,39,41H,5-6H2,1-2H3/t7-,8-,13-,14-,31+,32+/m1/s1. The quantitative estimate of drug-likeness (QED) is 0.172. The van der Waals surface area contributed by atoms with Gasteiger partial charge in [0.05, 0.1) is 51.8 Å². The number of benzene rings is 2. The SMILES string of the molecule is C[C@H]1O[C@@H]2CC(=O)O[C@@H]2c2c1c(O)c1c(O)c(-c3cc(=O)c4c(=O)c5c(c(=O)c=4c3=O)[C@@H](C)O[C@@H]3CC(=O)O[C@H]53)cc(O)c1c2O. The summed E-state index contributed by atoms with van der Waals surface area (Å²) in [5.74, 6) is -4.11. The number of phenols is 4. The molecular formula is C32H22O14. The third kappa shape index (κ3) is 3.42. The monoisotopic (exact) mass is 630 g/mol. The molecule has 2 fully saturated rings. The van der Waals surface area contributed by atoms with Crippen molar-refractivity contribution in [3.63, 3.8) is 0 Å². The van der Waals surface area contributed by atoms with Gasteiger partial charge in [-0.1, -0.05) is 0 Å². The van der Waals surface area contributed by atoms with Crippen LogP contribution in [0.5, 0.6) is 23.0 Å². The predicted molar refractivity (Wildman–Crippen MR) is 152 cm³/mol. The second-order valence-corrected chi connectivity index (χ2v) is 11.9. The number of hydrogen-bond acceptors (Lipinski definition) is 14. The Morgan fingerprint density at radius 1 is 0.587 bits per heavy atom. The molecule has 0 radical (unpaired) electrons. The zero-order chi connectivity index (χ0) is 32.7. The summed E-state index contributed by atoms with van der Waals surface area (Å²) in [6.45, 7) is 2.99. The van der Waals surface area contributed by atoms with E-state index in [9.17, 15) is 49.2 Å². The van der Waals surface area contributed by atoms with E-state index in [1.807, 2.05) is 0 Å². The van der Waals surface area contributed by atoms with Gasteiger partial charge < -0.3 is 39.4 Å². The van der Waals surface area contributed by atoms with Crippen molar-refractivity contribution < 1.29 is 49.0 Å². The summed E-state index contributed by atoms with van der Waals surface area (Å²) >= 11 is 0. The molecule has 0 unspecified atom stereocenters. The van der Waals surface area contributed by atoms with E-state index in [0.717, 1.165) is 12.1 Å². The first-order chi connectivity index (χ1) is 21.8. The summed E-state index contributed by atoms with van der Waals surface area (Å²) in [4.78, 5) is 78.8. The van der Waals surface area contributed by atoms with E-state index in [4.69, 9.17) is 18.9 Å². The highest BCUT2D eigenvalue weighted by Crippen LogP contribution is 2.57. The molecule has 0 saturated carbocycles. The molecule has 234 valence electrons. The van der Waals surface area contributed by atoms with Gasteiger partial charge in [-0.05, 0) is 26.0 Å². The molecule has 2 aromatic rings. The van der Waals surface area contributed by atoms with Crippen molar-refractivity contribution in [1.82, 2.24) is 0 Å². The third-order valence-corrected chi connectivity index (χ3v) is 9.39. The zero-order valence-electron chi connectivity index (χ0n) is 23.9. The van der Waals surface area contributed by atoms with Crippen LogP contribution in [0.1, 0.15) is 73.4 Å². The first-order valence-electron chi connectivity index (χ1n) is 14.3. The van der Waals surface area contributed by atoms with Gasteiger partial charge in [0.2, 0.25) is 0 Å². The van der Waals surface area contributed by atoms with E-state index in [0.29, 0.717) is 0 Å². The largest absolute Gasteiger partial charge is 0.507 e. The van der Waals surface area contributed by atoms with Gasteiger partial charge in [0.15, 0.2) is 33.9 Å². The molecule has 6 atom stereocenters. The Kier molecular flexibility index (Phi) is 5.58. The minimum absolute atomic E-state index is 0.0191. The molecule has 14 heteroatoms. The molecule has 0 bridgehead atoms. The van der Waals surface area contributed by atoms with Crippen LogP contribution < -0.4 is 21.7 Å². The van der Waals surface area contributed by atoms with Gasteiger partial charge in [-0.15, -0.1) is 0 Å². The Labute approximate surface area is 254 Å². The number of aromatic hydroxyl groups is 4. The molecule has 46 heavy (non-hydrogen) atoms. The van der Waals surface area contributed by atoms with Crippen LogP contribution in [0.2, 0.25) is 0 Å². The van der Waals surface area contributed by atoms with Gasteiger partial charge >= 0.3 is 11.9 Å². The lowest BCUT2D eigenvalue weighted by Gasteiger charge is -2.33. The normalized spacial score (nSPS) is 26.4. The number of fused-ring (bicyclic) bond motifs is 7. The Bertz CT molecular complexity index is 2410. The summed E-state index contributed by atoms with van der Waals surface area (Å²) in [5.41, 5.74) is -5.72. The van der Waals surface area contributed by atoms with Crippen LogP contribution in [0, 0.1) is 10.4 Å². The summed E-state index contributed by atoms with van der Waals surface area (Å²) in [5, 5.41) is 42.8. The number of carbonyl (C=O) groups excluding carboxylic acids is 2. The maximum Gasteiger partial charge on any atom is 0.309 e. The van der Waals surface area contributed by atoms with E-state index >= 15 is 0 Å². The number of ether oxygens (including phenoxy) is 4. The predicted octanol–water partition coefficient (Wildman–Crippen LogP) is 1.27. The Morgan fingerprint density at radius 2 is 1.13 bits per heavy atom. The van der Waals surface area contributed by atoms with Gasteiger partial charge in [-0.2, -0.15) is 0 Å². The second kappa shape index (κ2) is 9.11. The van der Waals surface area contributed by atoms with Crippen molar-refractivity contribution in [3.05, 3.63) is 85.7 Å². The van der Waals surface area contributed by atoms with Crippen LogP contribution in [0.4, 0.5) is 0 Å². The van der Waals surface area contributed by atoms with Crippen molar-refractivity contribution in [2.45, 2.75) is 63.3 Å². The lowest BCUT2D eigenvalue weighted by atomic mass is 9.85. The molecule has 0 spiro atoms.